The van der Waals surface area contributed by atoms with Crippen molar-refractivity contribution in [3.8, 4) is 0 Å². The van der Waals surface area contributed by atoms with E-state index < -0.39 is 28.5 Å². The topological polar surface area (TPSA) is 86.8 Å². The van der Waals surface area contributed by atoms with Crippen molar-refractivity contribution in [2.24, 2.45) is 0 Å². The first-order chi connectivity index (χ1) is 17.7. The van der Waals surface area contributed by atoms with Gasteiger partial charge in [-0.3, -0.25) is 13.9 Å². The summed E-state index contributed by atoms with van der Waals surface area (Å²) in [5.41, 5.74) is 1.94. The summed E-state index contributed by atoms with van der Waals surface area (Å²) >= 11 is 6.15. The van der Waals surface area contributed by atoms with Gasteiger partial charge in [0, 0.05) is 18.1 Å². The van der Waals surface area contributed by atoms with E-state index in [1.807, 2.05) is 25.1 Å². The number of sulfonamides is 1. The Morgan fingerprint density at radius 2 is 1.62 bits per heavy atom. The number of carbonyl (C=O) groups excluding carboxylic acids is 2. The summed E-state index contributed by atoms with van der Waals surface area (Å²) in [5, 5.41) is 3.25. The van der Waals surface area contributed by atoms with Crippen molar-refractivity contribution in [2.45, 2.75) is 44.7 Å². The lowest BCUT2D eigenvalue weighted by molar-refractivity contribution is -0.139. The first-order valence-electron chi connectivity index (χ1n) is 12.2. The van der Waals surface area contributed by atoms with Crippen LogP contribution in [0.2, 0.25) is 5.02 Å². The quantitative estimate of drug-likeness (QED) is 0.383. The average molecular weight is 542 g/mol. The van der Waals surface area contributed by atoms with Gasteiger partial charge in [0.2, 0.25) is 11.8 Å². The molecule has 3 aromatic rings. The van der Waals surface area contributed by atoms with E-state index in [0.717, 1.165) is 15.4 Å². The SMILES string of the molecule is CCNC(=O)[C@H](C)N(Cc1cccc(Cl)c1)C(=O)CN(c1ccccc1CC)S(=O)(=O)c1ccccc1. The third-order valence-corrected chi connectivity index (χ3v) is 8.02. The minimum atomic E-state index is -4.09. The number of halogens is 1. The molecule has 0 aliphatic rings. The number of carbonyl (C=O) groups is 2. The third-order valence-electron chi connectivity index (χ3n) is 6.01. The summed E-state index contributed by atoms with van der Waals surface area (Å²) in [6, 6.07) is 21.3. The van der Waals surface area contributed by atoms with Gasteiger partial charge in [-0.1, -0.05) is 67.1 Å². The summed E-state index contributed by atoms with van der Waals surface area (Å²) < 4.78 is 28.8. The fourth-order valence-corrected chi connectivity index (χ4v) is 5.71. The third kappa shape index (κ3) is 6.90. The monoisotopic (exact) mass is 541 g/mol. The van der Waals surface area contributed by atoms with E-state index >= 15 is 0 Å². The molecular weight excluding hydrogens is 510 g/mol. The van der Waals surface area contributed by atoms with Crippen molar-refractivity contribution in [3.63, 3.8) is 0 Å². The lowest BCUT2D eigenvalue weighted by atomic mass is 10.1. The maximum absolute atomic E-state index is 13.9. The summed E-state index contributed by atoms with van der Waals surface area (Å²) in [4.78, 5) is 28.1. The Labute approximate surface area is 224 Å². The zero-order valence-corrected chi connectivity index (χ0v) is 22.8. The number of benzene rings is 3. The van der Waals surface area contributed by atoms with Gasteiger partial charge in [0.05, 0.1) is 10.6 Å². The highest BCUT2D eigenvalue weighted by atomic mass is 35.5. The van der Waals surface area contributed by atoms with Crippen molar-refractivity contribution in [1.82, 2.24) is 10.2 Å². The number of likely N-dealkylation sites (N-methyl/N-ethyl adjacent to an activating group) is 1. The van der Waals surface area contributed by atoms with Crippen molar-refractivity contribution >= 4 is 39.1 Å². The highest BCUT2D eigenvalue weighted by Gasteiger charge is 2.33. The van der Waals surface area contributed by atoms with Gasteiger partial charge in [-0.2, -0.15) is 0 Å². The molecule has 1 N–H and O–H groups in total. The first-order valence-corrected chi connectivity index (χ1v) is 14.0. The van der Waals surface area contributed by atoms with Crippen LogP contribution in [0, 0.1) is 0 Å². The molecular formula is C28H32ClN3O4S. The number of amides is 2. The van der Waals surface area contributed by atoms with Crippen molar-refractivity contribution in [2.75, 3.05) is 17.4 Å². The van der Waals surface area contributed by atoms with Crippen LogP contribution in [0.5, 0.6) is 0 Å². The Morgan fingerprint density at radius 3 is 2.27 bits per heavy atom. The number of aryl methyl sites for hydroxylation is 1. The molecule has 1 atom stereocenters. The van der Waals surface area contributed by atoms with Crippen LogP contribution in [0.25, 0.3) is 0 Å². The molecule has 3 aromatic carbocycles. The second-order valence-electron chi connectivity index (χ2n) is 8.53. The Bertz CT molecular complexity index is 1330. The van der Waals surface area contributed by atoms with Crippen LogP contribution in [-0.4, -0.2) is 44.3 Å². The second-order valence-corrected chi connectivity index (χ2v) is 10.8. The normalized spacial score (nSPS) is 12.0. The number of rotatable bonds is 11. The molecule has 0 spiro atoms. The molecule has 196 valence electrons. The largest absolute Gasteiger partial charge is 0.355 e. The summed E-state index contributed by atoms with van der Waals surface area (Å²) in [6.07, 6.45) is 0.576. The maximum atomic E-state index is 13.9. The van der Waals surface area contributed by atoms with Gasteiger partial charge in [-0.15, -0.1) is 0 Å². The number of hydrogen-bond donors (Lipinski definition) is 1. The molecule has 0 unspecified atom stereocenters. The molecule has 0 aliphatic heterocycles. The van der Waals surface area contributed by atoms with E-state index in [4.69, 9.17) is 11.6 Å². The minimum Gasteiger partial charge on any atom is -0.355 e. The van der Waals surface area contributed by atoms with Crippen LogP contribution < -0.4 is 9.62 Å². The molecule has 0 bridgehead atoms. The van der Waals surface area contributed by atoms with Gasteiger partial charge < -0.3 is 10.2 Å². The molecule has 37 heavy (non-hydrogen) atoms. The summed E-state index contributed by atoms with van der Waals surface area (Å²) in [6.45, 7) is 5.37. The Hall–Kier alpha value is -3.36. The van der Waals surface area contributed by atoms with E-state index in [0.29, 0.717) is 23.7 Å². The molecule has 0 fully saturated rings. The van der Waals surface area contributed by atoms with E-state index in [-0.39, 0.29) is 17.3 Å². The summed E-state index contributed by atoms with van der Waals surface area (Å²) in [5.74, 6) is -0.839. The first kappa shape index (κ1) is 28.2. The minimum absolute atomic E-state index is 0.0758. The van der Waals surface area contributed by atoms with Gasteiger partial charge in [0.1, 0.15) is 12.6 Å². The summed E-state index contributed by atoms with van der Waals surface area (Å²) in [7, 11) is -4.09. The fourth-order valence-electron chi connectivity index (χ4n) is 4.02. The molecule has 0 heterocycles. The standard InChI is InChI=1S/C28H32ClN3O4S/c1-4-23-13-9-10-17-26(23)32(37(35,36)25-15-7-6-8-16-25)20-27(33)31(21(3)28(34)30-5-2)19-22-12-11-14-24(29)18-22/h6-18,21H,4-5,19-20H2,1-3H3,(H,30,34)/t21-/m0/s1. The van der Waals surface area contributed by atoms with Gasteiger partial charge in [0.25, 0.3) is 10.0 Å². The Kier molecular flexibility index (Phi) is 9.72. The number of nitrogens with zero attached hydrogens (tertiary/aromatic N) is 2. The molecule has 3 rings (SSSR count). The van der Waals surface area contributed by atoms with Gasteiger partial charge in [-0.25, -0.2) is 8.42 Å². The number of anilines is 1. The van der Waals surface area contributed by atoms with E-state index in [9.17, 15) is 18.0 Å². The van der Waals surface area contributed by atoms with Gasteiger partial charge in [0.15, 0.2) is 0 Å². The average Bonchev–Trinajstić information content (AvgIpc) is 2.90. The number of para-hydroxylation sites is 1. The van der Waals surface area contributed by atoms with E-state index in [2.05, 4.69) is 5.32 Å². The molecule has 0 radical (unpaired) electrons. The van der Waals surface area contributed by atoms with Crippen molar-refractivity contribution < 1.29 is 18.0 Å². The molecule has 9 heteroatoms. The number of nitrogens with one attached hydrogen (secondary N) is 1. The van der Waals surface area contributed by atoms with Crippen LogP contribution in [0.3, 0.4) is 0 Å². The molecule has 0 aromatic heterocycles. The zero-order valence-electron chi connectivity index (χ0n) is 21.2. The molecule has 0 aliphatic carbocycles. The van der Waals surface area contributed by atoms with Gasteiger partial charge in [-0.05, 0) is 61.7 Å². The van der Waals surface area contributed by atoms with Gasteiger partial charge >= 0.3 is 0 Å². The van der Waals surface area contributed by atoms with Crippen LogP contribution in [0.15, 0.2) is 83.8 Å². The van der Waals surface area contributed by atoms with Crippen LogP contribution in [0.1, 0.15) is 31.9 Å². The highest BCUT2D eigenvalue weighted by Crippen LogP contribution is 2.28. The molecule has 0 saturated carbocycles. The predicted octanol–water partition coefficient (Wildman–Crippen LogP) is 4.65. The van der Waals surface area contributed by atoms with Crippen molar-refractivity contribution in [3.05, 3.63) is 95.0 Å². The fraction of sp³-hybridized carbons (Fsp3) is 0.286. The van der Waals surface area contributed by atoms with Crippen LogP contribution in [0.4, 0.5) is 5.69 Å². The molecule has 7 nitrogen and oxygen atoms in total. The van der Waals surface area contributed by atoms with Crippen LogP contribution >= 0.6 is 11.6 Å². The number of hydrogen-bond acceptors (Lipinski definition) is 4. The van der Waals surface area contributed by atoms with E-state index in [1.165, 1.54) is 17.0 Å². The molecule has 0 saturated heterocycles. The Morgan fingerprint density at radius 1 is 0.946 bits per heavy atom. The lowest BCUT2D eigenvalue weighted by Gasteiger charge is -2.32. The Balaban J connectivity index is 2.06. The zero-order chi connectivity index (χ0) is 27.0. The second kappa shape index (κ2) is 12.7. The highest BCUT2D eigenvalue weighted by molar-refractivity contribution is 7.92. The van der Waals surface area contributed by atoms with Crippen molar-refractivity contribution in [1.29, 1.82) is 0 Å². The smallest absolute Gasteiger partial charge is 0.264 e. The lowest BCUT2D eigenvalue weighted by Crippen LogP contribution is -2.51. The maximum Gasteiger partial charge on any atom is 0.264 e. The predicted molar refractivity (Wildman–Crippen MR) is 147 cm³/mol. The van der Waals surface area contributed by atoms with E-state index in [1.54, 1.807) is 62.4 Å². The molecule has 2 amide bonds. The van der Waals surface area contributed by atoms with Crippen LogP contribution in [-0.2, 0) is 32.6 Å².